The number of nitrogens with two attached hydrogens (primary N) is 1. The summed E-state index contributed by atoms with van der Waals surface area (Å²) in [5, 5.41) is 0. The van der Waals surface area contributed by atoms with Crippen LogP contribution in [0, 0.1) is 11.8 Å². The van der Waals surface area contributed by atoms with Gasteiger partial charge >= 0.3 is 0 Å². The Morgan fingerprint density at radius 1 is 0.774 bits per heavy atom. The standard InChI is InChI=1S/C28H27NO2/c29-28-26-10-4-3-9-24(26)18-27(28)31-19-21-13-11-20(12-14-21)6-5-15-30-25-16-22-7-1-2-8-23(22)17-25/h1-4,7-14,25,27-28H,15-19,29H2/t27-,28+/m1/s1. The average Bonchev–Trinajstić information content (AvgIpc) is 3.37. The van der Waals surface area contributed by atoms with Crippen LogP contribution in [-0.2, 0) is 35.3 Å². The highest BCUT2D eigenvalue weighted by Crippen LogP contribution is 2.31. The SMILES string of the molecule is N[C@H]1c2ccccc2C[C@H]1OCc1ccc(C#CCOC2Cc3ccccc3C2)cc1. The van der Waals surface area contributed by atoms with Gasteiger partial charge in [0.25, 0.3) is 0 Å². The Morgan fingerprint density at radius 2 is 1.45 bits per heavy atom. The monoisotopic (exact) mass is 409 g/mol. The Labute approximate surface area is 184 Å². The average molecular weight is 410 g/mol. The Balaban J connectivity index is 1.08. The second kappa shape index (κ2) is 9.08. The molecule has 0 aliphatic heterocycles. The molecule has 3 heteroatoms. The van der Waals surface area contributed by atoms with Crippen molar-refractivity contribution in [1.29, 1.82) is 0 Å². The predicted octanol–water partition coefficient (Wildman–Crippen LogP) is 4.36. The highest BCUT2D eigenvalue weighted by atomic mass is 16.5. The van der Waals surface area contributed by atoms with E-state index in [4.69, 9.17) is 15.2 Å². The maximum Gasteiger partial charge on any atom is 0.108 e. The molecule has 31 heavy (non-hydrogen) atoms. The number of benzene rings is 3. The van der Waals surface area contributed by atoms with E-state index in [1.54, 1.807) is 0 Å². The highest BCUT2D eigenvalue weighted by molar-refractivity contribution is 5.37. The third-order valence-electron chi connectivity index (χ3n) is 6.29. The fourth-order valence-corrected chi connectivity index (χ4v) is 4.57. The lowest BCUT2D eigenvalue weighted by molar-refractivity contribution is 0.0313. The quantitative estimate of drug-likeness (QED) is 0.637. The first-order chi connectivity index (χ1) is 15.3. The summed E-state index contributed by atoms with van der Waals surface area (Å²) in [6, 6.07) is 25.1. The summed E-state index contributed by atoms with van der Waals surface area (Å²) < 4.78 is 12.1. The second-order valence-electron chi connectivity index (χ2n) is 8.39. The van der Waals surface area contributed by atoms with Gasteiger partial charge in [0.15, 0.2) is 0 Å². The van der Waals surface area contributed by atoms with Crippen LogP contribution in [0.1, 0.15) is 39.4 Å². The summed E-state index contributed by atoms with van der Waals surface area (Å²) >= 11 is 0. The van der Waals surface area contributed by atoms with Gasteiger partial charge in [0.1, 0.15) is 6.61 Å². The molecule has 0 aromatic heterocycles. The number of rotatable bonds is 5. The molecule has 0 spiro atoms. The number of fused-ring (bicyclic) bond motifs is 2. The summed E-state index contributed by atoms with van der Waals surface area (Å²) in [5.74, 6) is 6.34. The summed E-state index contributed by atoms with van der Waals surface area (Å²) in [5.41, 5.74) is 13.8. The molecule has 2 atom stereocenters. The molecule has 0 amide bonds. The third-order valence-corrected chi connectivity index (χ3v) is 6.29. The van der Waals surface area contributed by atoms with E-state index in [9.17, 15) is 0 Å². The molecular formula is C28H27NO2. The van der Waals surface area contributed by atoms with Crippen LogP contribution in [-0.4, -0.2) is 18.8 Å². The summed E-state index contributed by atoms with van der Waals surface area (Å²) in [6.07, 6.45) is 3.15. The van der Waals surface area contributed by atoms with Crippen molar-refractivity contribution in [1.82, 2.24) is 0 Å². The molecule has 0 unspecified atom stereocenters. The molecule has 2 N–H and O–H groups in total. The molecule has 156 valence electrons. The van der Waals surface area contributed by atoms with Crippen LogP contribution in [0.15, 0.2) is 72.8 Å². The zero-order valence-electron chi connectivity index (χ0n) is 17.6. The van der Waals surface area contributed by atoms with Crippen molar-refractivity contribution < 1.29 is 9.47 Å². The maximum absolute atomic E-state index is 6.36. The van der Waals surface area contributed by atoms with Gasteiger partial charge in [0.2, 0.25) is 0 Å². The largest absolute Gasteiger partial charge is 0.371 e. The van der Waals surface area contributed by atoms with Gasteiger partial charge in [-0.15, -0.1) is 0 Å². The van der Waals surface area contributed by atoms with Crippen molar-refractivity contribution >= 4 is 0 Å². The van der Waals surface area contributed by atoms with Gasteiger partial charge in [-0.25, -0.2) is 0 Å². The maximum atomic E-state index is 6.36. The molecule has 0 saturated carbocycles. The second-order valence-corrected chi connectivity index (χ2v) is 8.39. The van der Waals surface area contributed by atoms with Crippen LogP contribution in [0.4, 0.5) is 0 Å². The lowest BCUT2D eigenvalue weighted by atomic mass is 10.1. The number of hydrogen-bond donors (Lipinski definition) is 1. The number of hydrogen-bond acceptors (Lipinski definition) is 3. The fourth-order valence-electron chi connectivity index (χ4n) is 4.57. The van der Waals surface area contributed by atoms with Crippen LogP contribution in [0.25, 0.3) is 0 Å². The minimum absolute atomic E-state index is 0.0377. The van der Waals surface area contributed by atoms with E-state index in [-0.39, 0.29) is 18.2 Å². The minimum atomic E-state index is -0.0472. The van der Waals surface area contributed by atoms with Crippen LogP contribution >= 0.6 is 0 Å². The van der Waals surface area contributed by atoms with Gasteiger partial charge in [-0.05, 0) is 52.8 Å². The van der Waals surface area contributed by atoms with Crippen molar-refractivity contribution in [3.8, 4) is 11.8 Å². The lowest BCUT2D eigenvalue weighted by Gasteiger charge is -2.17. The van der Waals surface area contributed by atoms with E-state index in [1.807, 2.05) is 18.2 Å². The molecule has 3 aromatic carbocycles. The first kappa shape index (κ1) is 20.0. The Kier molecular flexibility index (Phi) is 5.86. The molecule has 3 nitrogen and oxygen atoms in total. The summed E-state index contributed by atoms with van der Waals surface area (Å²) in [7, 11) is 0. The third kappa shape index (κ3) is 4.57. The fraction of sp³-hybridized carbons (Fsp3) is 0.286. The molecule has 2 aliphatic carbocycles. The lowest BCUT2D eigenvalue weighted by Crippen LogP contribution is -2.25. The molecule has 0 saturated heterocycles. The zero-order chi connectivity index (χ0) is 21.0. The molecule has 0 heterocycles. The Bertz CT molecular complexity index is 1080. The molecule has 2 aliphatic rings. The molecular weight excluding hydrogens is 382 g/mol. The molecule has 0 radical (unpaired) electrons. The van der Waals surface area contributed by atoms with E-state index < -0.39 is 0 Å². The highest BCUT2D eigenvalue weighted by Gasteiger charge is 2.29. The van der Waals surface area contributed by atoms with Crippen LogP contribution in [0.5, 0.6) is 0 Å². The van der Waals surface area contributed by atoms with Gasteiger partial charge in [0, 0.05) is 12.0 Å². The van der Waals surface area contributed by atoms with Gasteiger partial charge in [-0.1, -0.05) is 72.5 Å². The van der Waals surface area contributed by atoms with Gasteiger partial charge in [-0.3, -0.25) is 0 Å². The molecule has 5 rings (SSSR count). The van der Waals surface area contributed by atoms with Crippen molar-refractivity contribution in [3.05, 3.63) is 106 Å². The van der Waals surface area contributed by atoms with E-state index >= 15 is 0 Å². The van der Waals surface area contributed by atoms with Gasteiger partial charge in [-0.2, -0.15) is 0 Å². The van der Waals surface area contributed by atoms with Crippen molar-refractivity contribution in [3.63, 3.8) is 0 Å². The topological polar surface area (TPSA) is 44.5 Å². The van der Waals surface area contributed by atoms with E-state index in [2.05, 4.69) is 66.4 Å². The van der Waals surface area contributed by atoms with Crippen molar-refractivity contribution in [2.45, 2.75) is 44.1 Å². The Hall–Kier alpha value is -2.90. The molecule has 0 bridgehead atoms. The van der Waals surface area contributed by atoms with Crippen LogP contribution in [0.3, 0.4) is 0 Å². The van der Waals surface area contributed by atoms with Gasteiger partial charge < -0.3 is 15.2 Å². The Morgan fingerprint density at radius 3 is 2.16 bits per heavy atom. The smallest absolute Gasteiger partial charge is 0.108 e. The number of ether oxygens (including phenoxy) is 2. The minimum Gasteiger partial charge on any atom is -0.371 e. The first-order valence-electron chi connectivity index (χ1n) is 11.0. The van der Waals surface area contributed by atoms with E-state index in [1.165, 1.54) is 22.3 Å². The van der Waals surface area contributed by atoms with E-state index in [0.29, 0.717) is 13.2 Å². The first-order valence-corrected chi connectivity index (χ1v) is 11.0. The molecule has 3 aromatic rings. The normalized spacial score (nSPS) is 19.5. The van der Waals surface area contributed by atoms with E-state index in [0.717, 1.165) is 30.4 Å². The zero-order valence-corrected chi connectivity index (χ0v) is 17.6. The van der Waals surface area contributed by atoms with Gasteiger partial charge in [0.05, 0.1) is 24.9 Å². The summed E-state index contributed by atoms with van der Waals surface area (Å²) in [4.78, 5) is 0. The predicted molar refractivity (Wildman–Crippen MR) is 123 cm³/mol. The van der Waals surface area contributed by atoms with Crippen LogP contribution in [0.2, 0.25) is 0 Å². The van der Waals surface area contributed by atoms with Crippen molar-refractivity contribution in [2.24, 2.45) is 5.73 Å². The van der Waals surface area contributed by atoms with Crippen molar-refractivity contribution in [2.75, 3.05) is 6.61 Å². The summed E-state index contributed by atoms with van der Waals surface area (Å²) in [6.45, 7) is 1.02. The molecule has 0 fully saturated rings. The van der Waals surface area contributed by atoms with Crippen LogP contribution < -0.4 is 5.73 Å².